The Morgan fingerprint density at radius 2 is 2.14 bits per heavy atom. The van der Waals surface area contributed by atoms with Crippen molar-refractivity contribution >= 4 is 33.8 Å². The van der Waals surface area contributed by atoms with E-state index in [0.717, 1.165) is 24.9 Å². The molecule has 1 unspecified atom stereocenters. The highest BCUT2D eigenvalue weighted by atomic mass is 35.5. The zero-order valence-electron chi connectivity index (χ0n) is 11.6. The number of sulfone groups is 1. The van der Waals surface area contributed by atoms with E-state index in [1.54, 1.807) is 18.2 Å². The minimum absolute atomic E-state index is 0. The average molecular weight is 331 g/mol. The molecule has 5 nitrogen and oxygen atoms in total. The number of piperidine rings is 1. The molecule has 7 heteroatoms. The van der Waals surface area contributed by atoms with Crippen LogP contribution in [0.4, 0.5) is 5.69 Å². The summed E-state index contributed by atoms with van der Waals surface area (Å²) in [4.78, 5) is 12.5. The molecule has 3 rings (SSSR count). The number of benzene rings is 1. The van der Waals surface area contributed by atoms with Crippen LogP contribution in [0.2, 0.25) is 0 Å². The van der Waals surface area contributed by atoms with E-state index < -0.39 is 9.84 Å². The Morgan fingerprint density at radius 1 is 1.33 bits per heavy atom. The van der Waals surface area contributed by atoms with Crippen molar-refractivity contribution in [2.24, 2.45) is 5.92 Å². The Labute approximate surface area is 130 Å². The number of rotatable bonds is 2. The fourth-order valence-electron chi connectivity index (χ4n) is 2.80. The van der Waals surface area contributed by atoms with Gasteiger partial charge in [0, 0.05) is 12.2 Å². The van der Waals surface area contributed by atoms with E-state index in [1.807, 2.05) is 0 Å². The van der Waals surface area contributed by atoms with Crippen LogP contribution in [0.1, 0.15) is 18.4 Å². The van der Waals surface area contributed by atoms with Crippen molar-refractivity contribution < 1.29 is 13.2 Å². The average Bonchev–Trinajstić information content (AvgIpc) is 2.75. The minimum Gasteiger partial charge on any atom is -0.326 e. The molecule has 2 heterocycles. The van der Waals surface area contributed by atoms with Crippen molar-refractivity contribution in [3.63, 3.8) is 0 Å². The quantitative estimate of drug-likeness (QED) is 0.859. The summed E-state index contributed by atoms with van der Waals surface area (Å²) in [5, 5.41) is 6.04. The monoisotopic (exact) mass is 330 g/mol. The molecule has 1 fully saturated rings. The summed E-state index contributed by atoms with van der Waals surface area (Å²) < 4.78 is 23.7. The summed E-state index contributed by atoms with van der Waals surface area (Å²) in [7, 11) is -3.15. The first-order valence-corrected chi connectivity index (χ1v) is 8.59. The number of halogens is 1. The van der Waals surface area contributed by atoms with Crippen LogP contribution >= 0.6 is 12.4 Å². The van der Waals surface area contributed by atoms with Gasteiger partial charge in [-0.2, -0.15) is 0 Å². The Morgan fingerprint density at radius 3 is 2.86 bits per heavy atom. The van der Waals surface area contributed by atoms with E-state index in [2.05, 4.69) is 10.6 Å². The predicted molar refractivity (Wildman–Crippen MR) is 83.7 cm³/mol. The first-order chi connectivity index (χ1) is 9.56. The number of nitrogens with one attached hydrogen (secondary N) is 2. The number of hydrogen-bond acceptors (Lipinski definition) is 4. The predicted octanol–water partition coefficient (Wildman–Crippen LogP) is 1.38. The van der Waals surface area contributed by atoms with Crippen LogP contribution < -0.4 is 10.6 Å². The standard InChI is InChI=1S/C14H18N2O3S.ClH/c17-14(11-2-1-6-15-9-11)16-12-4-3-10-5-7-20(18,19)13(10)8-12;/h3-4,8,11,15H,1-2,5-7,9H2,(H,16,17);1H. The van der Waals surface area contributed by atoms with Gasteiger partial charge in [0.2, 0.25) is 5.91 Å². The number of anilines is 1. The number of carbonyl (C=O) groups is 1. The molecule has 2 aliphatic heterocycles. The summed E-state index contributed by atoms with van der Waals surface area (Å²) in [6.45, 7) is 1.65. The molecule has 0 bridgehead atoms. The van der Waals surface area contributed by atoms with Crippen LogP contribution in [0.25, 0.3) is 0 Å². The van der Waals surface area contributed by atoms with Gasteiger partial charge in [0.05, 0.1) is 16.6 Å². The Bertz CT molecular complexity index is 640. The molecule has 0 aliphatic carbocycles. The van der Waals surface area contributed by atoms with Crippen molar-refractivity contribution in [2.45, 2.75) is 24.2 Å². The van der Waals surface area contributed by atoms with Gasteiger partial charge in [-0.1, -0.05) is 6.07 Å². The van der Waals surface area contributed by atoms with E-state index in [1.165, 1.54) is 0 Å². The van der Waals surface area contributed by atoms with Gasteiger partial charge in [0.25, 0.3) is 0 Å². The highest BCUT2D eigenvalue weighted by Crippen LogP contribution is 2.28. The van der Waals surface area contributed by atoms with Crippen molar-refractivity contribution in [1.29, 1.82) is 0 Å². The third kappa shape index (κ3) is 3.39. The van der Waals surface area contributed by atoms with Crippen molar-refractivity contribution in [2.75, 3.05) is 24.2 Å². The Kier molecular flexibility index (Phi) is 4.91. The summed E-state index contributed by atoms with van der Waals surface area (Å²) in [6, 6.07) is 5.17. The van der Waals surface area contributed by atoms with Crippen LogP contribution in [0, 0.1) is 5.92 Å². The van der Waals surface area contributed by atoms with E-state index in [9.17, 15) is 13.2 Å². The van der Waals surface area contributed by atoms with Gasteiger partial charge in [0.15, 0.2) is 9.84 Å². The molecule has 0 spiro atoms. The van der Waals surface area contributed by atoms with Crippen LogP contribution in [0.15, 0.2) is 23.1 Å². The van der Waals surface area contributed by atoms with Gasteiger partial charge in [0.1, 0.15) is 0 Å². The second-order valence-electron chi connectivity index (χ2n) is 5.42. The van der Waals surface area contributed by atoms with Crippen LogP contribution in [-0.4, -0.2) is 33.2 Å². The number of carbonyl (C=O) groups excluding carboxylic acids is 1. The lowest BCUT2D eigenvalue weighted by molar-refractivity contribution is -0.120. The third-order valence-corrected chi connectivity index (χ3v) is 5.77. The lowest BCUT2D eigenvalue weighted by atomic mass is 9.99. The summed E-state index contributed by atoms with van der Waals surface area (Å²) >= 11 is 0. The normalized spacial score (nSPS) is 23.0. The summed E-state index contributed by atoms with van der Waals surface area (Å²) in [5.74, 6) is 0.105. The Balaban J connectivity index is 0.00000161. The first kappa shape index (κ1) is 16.3. The number of fused-ring (bicyclic) bond motifs is 1. The van der Waals surface area contributed by atoms with E-state index >= 15 is 0 Å². The largest absolute Gasteiger partial charge is 0.326 e. The minimum atomic E-state index is -3.15. The van der Waals surface area contributed by atoms with Gasteiger partial charge < -0.3 is 10.6 Å². The molecule has 1 aromatic rings. The van der Waals surface area contributed by atoms with E-state index in [-0.39, 0.29) is 30.0 Å². The van der Waals surface area contributed by atoms with Crippen molar-refractivity contribution in [1.82, 2.24) is 5.32 Å². The van der Waals surface area contributed by atoms with Crippen LogP contribution in [-0.2, 0) is 21.1 Å². The summed E-state index contributed by atoms with van der Waals surface area (Å²) in [5.41, 5.74) is 1.42. The van der Waals surface area contributed by atoms with Gasteiger partial charge in [-0.3, -0.25) is 4.79 Å². The molecule has 116 valence electrons. The highest BCUT2D eigenvalue weighted by molar-refractivity contribution is 7.91. The molecule has 1 saturated heterocycles. The zero-order valence-corrected chi connectivity index (χ0v) is 13.2. The molecular formula is C14H19ClN2O3S. The van der Waals surface area contributed by atoms with Gasteiger partial charge in [-0.15, -0.1) is 12.4 Å². The van der Waals surface area contributed by atoms with Crippen LogP contribution in [0.3, 0.4) is 0 Å². The zero-order chi connectivity index (χ0) is 14.2. The lowest BCUT2D eigenvalue weighted by Gasteiger charge is -2.22. The first-order valence-electron chi connectivity index (χ1n) is 6.93. The van der Waals surface area contributed by atoms with Gasteiger partial charge in [-0.05, 0) is 43.5 Å². The number of aryl methyl sites for hydroxylation is 1. The van der Waals surface area contributed by atoms with Gasteiger partial charge >= 0.3 is 0 Å². The van der Waals surface area contributed by atoms with Crippen molar-refractivity contribution in [3.8, 4) is 0 Å². The molecule has 2 N–H and O–H groups in total. The smallest absolute Gasteiger partial charge is 0.228 e. The van der Waals surface area contributed by atoms with Gasteiger partial charge in [-0.25, -0.2) is 8.42 Å². The maximum absolute atomic E-state index is 12.1. The maximum atomic E-state index is 12.1. The molecule has 21 heavy (non-hydrogen) atoms. The van der Waals surface area contributed by atoms with Crippen LogP contribution in [0.5, 0.6) is 0 Å². The molecule has 1 aromatic carbocycles. The third-order valence-electron chi connectivity index (χ3n) is 3.98. The fraction of sp³-hybridized carbons (Fsp3) is 0.500. The second-order valence-corrected chi connectivity index (χ2v) is 7.50. The number of hydrogen-bond donors (Lipinski definition) is 2. The molecule has 1 atom stereocenters. The molecule has 0 saturated carbocycles. The highest BCUT2D eigenvalue weighted by Gasteiger charge is 2.27. The SMILES string of the molecule is Cl.O=C(Nc1ccc2c(c1)S(=O)(=O)CC2)C1CCCNC1. The lowest BCUT2D eigenvalue weighted by Crippen LogP contribution is -2.37. The van der Waals surface area contributed by atoms with Crippen molar-refractivity contribution in [3.05, 3.63) is 23.8 Å². The van der Waals surface area contributed by atoms with E-state index in [4.69, 9.17) is 0 Å². The molecular weight excluding hydrogens is 312 g/mol. The summed E-state index contributed by atoms with van der Waals surface area (Å²) in [6.07, 6.45) is 2.44. The molecule has 0 aromatic heterocycles. The maximum Gasteiger partial charge on any atom is 0.228 e. The Hall–Kier alpha value is -1.11. The fourth-order valence-corrected chi connectivity index (χ4v) is 4.39. The molecule has 2 aliphatic rings. The molecule has 0 radical (unpaired) electrons. The second kappa shape index (κ2) is 6.34. The number of amides is 1. The van der Waals surface area contributed by atoms with E-state index in [0.29, 0.717) is 23.5 Å². The molecule has 1 amide bonds. The topological polar surface area (TPSA) is 75.3 Å².